The van der Waals surface area contributed by atoms with Crippen molar-refractivity contribution in [3.05, 3.63) is 24.3 Å². The van der Waals surface area contributed by atoms with Crippen LogP contribution >= 0.6 is 0 Å². The fourth-order valence-electron chi connectivity index (χ4n) is 3.09. The molecular formula is C17H28N2O. The molecule has 1 aromatic rings. The summed E-state index contributed by atoms with van der Waals surface area (Å²) >= 11 is 0. The van der Waals surface area contributed by atoms with Gasteiger partial charge in [-0.2, -0.15) is 0 Å². The second-order valence-electron chi connectivity index (χ2n) is 5.82. The lowest BCUT2D eigenvalue weighted by Gasteiger charge is -2.44. The lowest BCUT2D eigenvalue weighted by atomic mass is 9.87. The zero-order chi connectivity index (χ0) is 14.5. The van der Waals surface area contributed by atoms with Gasteiger partial charge in [0, 0.05) is 24.3 Å². The second kappa shape index (κ2) is 6.98. The average Bonchev–Trinajstić information content (AvgIpc) is 2.48. The first-order valence-corrected chi connectivity index (χ1v) is 7.84. The number of piperidine rings is 1. The molecule has 112 valence electrons. The van der Waals surface area contributed by atoms with Gasteiger partial charge >= 0.3 is 0 Å². The van der Waals surface area contributed by atoms with Crippen LogP contribution < -0.4 is 15.0 Å². The normalized spacial score (nSPS) is 26.6. The van der Waals surface area contributed by atoms with E-state index in [9.17, 15) is 0 Å². The Balaban J connectivity index is 2.04. The Morgan fingerprint density at radius 3 is 2.55 bits per heavy atom. The summed E-state index contributed by atoms with van der Waals surface area (Å²) in [5.41, 5.74) is 1.31. The van der Waals surface area contributed by atoms with E-state index in [0.29, 0.717) is 18.0 Å². The summed E-state index contributed by atoms with van der Waals surface area (Å²) in [7, 11) is 2.07. The van der Waals surface area contributed by atoms with Crippen molar-refractivity contribution in [3.63, 3.8) is 0 Å². The molecule has 0 aliphatic carbocycles. The molecule has 0 bridgehead atoms. The number of hydrogen-bond donors (Lipinski definition) is 1. The smallest absolute Gasteiger partial charge is 0.119 e. The SMILES string of the molecule is CCCOc1ccc(N2CCC(NC)C(C)C2C)cc1. The first-order chi connectivity index (χ1) is 9.67. The van der Waals surface area contributed by atoms with Crippen LogP contribution in [-0.2, 0) is 0 Å². The van der Waals surface area contributed by atoms with Crippen molar-refractivity contribution < 1.29 is 4.74 Å². The highest BCUT2D eigenvalue weighted by Gasteiger charge is 2.31. The van der Waals surface area contributed by atoms with Crippen molar-refractivity contribution in [2.24, 2.45) is 5.92 Å². The van der Waals surface area contributed by atoms with Crippen LogP contribution in [-0.4, -0.2) is 32.3 Å². The molecule has 0 amide bonds. The van der Waals surface area contributed by atoms with Crippen LogP contribution in [0.15, 0.2) is 24.3 Å². The molecule has 1 heterocycles. The molecule has 1 N–H and O–H groups in total. The van der Waals surface area contributed by atoms with Gasteiger partial charge in [-0.15, -0.1) is 0 Å². The number of rotatable bonds is 5. The van der Waals surface area contributed by atoms with Gasteiger partial charge in [-0.05, 0) is 57.0 Å². The Kier molecular flexibility index (Phi) is 5.30. The summed E-state index contributed by atoms with van der Waals surface area (Å²) in [5, 5.41) is 3.44. The fourth-order valence-corrected chi connectivity index (χ4v) is 3.09. The van der Waals surface area contributed by atoms with Crippen molar-refractivity contribution in [1.82, 2.24) is 5.32 Å². The van der Waals surface area contributed by atoms with Gasteiger partial charge in [0.2, 0.25) is 0 Å². The molecule has 20 heavy (non-hydrogen) atoms. The predicted octanol–water partition coefficient (Wildman–Crippen LogP) is 3.30. The molecule has 1 aromatic carbocycles. The van der Waals surface area contributed by atoms with Crippen molar-refractivity contribution in [2.45, 2.75) is 45.7 Å². The topological polar surface area (TPSA) is 24.5 Å². The highest BCUT2D eigenvalue weighted by atomic mass is 16.5. The van der Waals surface area contributed by atoms with Crippen LogP contribution in [0.1, 0.15) is 33.6 Å². The average molecular weight is 276 g/mol. The second-order valence-corrected chi connectivity index (χ2v) is 5.82. The van der Waals surface area contributed by atoms with E-state index in [1.165, 1.54) is 12.1 Å². The number of nitrogens with one attached hydrogen (secondary N) is 1. The highest BCUT2D eigenvalue weighted by molar-refractivity contribution is 5.50. The van der Waals surface area contributed by atoms with E-state index in [2.05, 4.69) is 62.3 Å². The largest absolute Gasteiger partial charge is 0.494 e. The van der Waals surface area contributed by atoms with Gasteiger partial charge in [-0.3, -0.25) is 0 Å². The minimum absolute atomic E-state index is 0.559. The first kappa shape index (κ1) is 15.2. The summed E-state index contributed by atoms with van der Waals surface area (Å²) in [5.74, 6) is 1.63. The van der Waals surface area contributed by atoms with Crippen LogP contribution in [0.5, 0.6) is 5.75 Å². The van der Waals surface area contributed by atoms with E-state index < -0.39 is 0 Å². The molecule has 0 spiro atoms. The van der Waals surface area contributed by atoms with Gasteiger partial charge in [-0.25, -0.2) is 0 Å². The third kappa shape index (κ3) is 3.26. The maximum absolute atomic E-state index is 5.65. The summed E-state index contributed by atoms with van der Waals surface area (Å²) in [6.07, 6.45) is 2.25. The Hall–Kier alpha value is -1.22. The van der Waals surface area contributed by atoms with Crippen molar-refractivity contribution in [3.8, 4) is 5.75 Å². The molecule has 3 unspecified atom stereocenters. The standard InChI is InChI=1S/C17H28N2O/c1-5-12-20-16-8-6-15(7-9-16)19-11-10-17(18-4)13(2)14(19)3/h6-9,13-14,17-18H,5,10-12H2,1-4H3. The van der Waals surface area contributed by atoms with Gasteiger partial charge in [0.05, 0.1) is 6.61 Å². The number of ether oxygens (including phenoxy) is 1. The number of hydrogen-bond acceptors (Lipinski definition) is 3. The summed E-state index contributed by atoms with van der Waals surface area (Å²) in [4.78, 5) is 2.52. The third-order valence-corrected chi connectivity index (χ3v) is 4.58. The van der Waals surface area contributed by atoms with Gasteiger partial charge < -0.3 is 15.0 Å². The van der Waals surface area contributed by atoms with Crippen molar-refractivity contribution >= 4 is 5.69 Å². The number of anilines is 1. The Bertz CT molecular complexity index is 404. The zero-order valence-corrected chi connectivity index (χ0v) is 13.2. The van der Waals surface area contributed by atoms with Crippen LogP contribution in [0.2, 0.25) is 0 Å². The van der Waals surface area contributed by atoms with E-state index in [1.807, 2.05) is 0 Å². The lowest BCUT2D eigenvalue weighted by molar-refractivity contribution is 0.282. The fraction of sp³-hybridized carbons (Fsp3) is 0.647. The molecule has 3 atom stereocenters. The van der Waals surface area contributed by atoms with E-state index in [-0.39, 0.29) is 0 Å². The van der Waals surface area contributed by atoms with E-state index in [0.717, 1.165) is 25.3 Å². The van der Waals surface area contributed by atoms with E-state index >= 15 is 0 Å². The summed E-state index contributed by atoms with van der Waals surface area (Å²) in [6.45, 7) is 8.71. The molecule has 1 saturated heterocycles. The van der Waals surface area contributed by atoms with Crippen molar-refractivity contribution in [2.75, 3.05) is 25.1 Å². The molecule has 3 heteroatoms. The van der Waals surface area contributed by atoms with Gasteiger partial charge in [0.1, 0.15) is 5.75 Å². The molecule has 0 saturated carbocycles. The molecule has 1 aliphatic rings. The monoisotopic (exact) mass is 276 g/mol. The van der Waals surface area contributed by atoms with Crippen molar-refractivity contribution in [1.29, 1.82) is 0 Å². The number of nitrogens with zero attached hydrogens (tertiary/aromatic N) is 1. The van der Waals surface area contributed by atoms with E-state index in [1.54, 1.807) is 0 Å². The molecule has 2 rings (SSSR count). The molecule has 1 aliphatic heterocycles. The zero-order valence-electron chi connectivity index (χ0n) is 13.2. The molecule has 0 aromatic heterocycles. The Morgan fingerprint density at radius 1 is 1.25 bits per heavy atom. The lowest BCUT2D eigenvalue weighted by Crippen LogP contribution is -2.52. The van der Waals surface area contributed by atoms with Crippen LogP contribution in [0.3, 0.4) is 0 Å². The predicted molar refractivity (Wildman–Crippen MR) is 85.7 cm³/mol. The summed E-state index contributed by atoms with van der Waals surface area (Å²) < 4.78 is 5.65. The Labute approximate surface area is 123 Å². The van der Waals surface area contributed by atoms with Gasteiger partial charge in [-0.1, -0.05) is 13.8 Å². The number of benzene rings is 1. The van der Waals surface area contributed by atoms with Crippen LogP contribution in [0, 0.1) is 5.92 Å². The molecule has 1 fully saturated rings. The van der Waals surface area contributed by atoms with E-state index in [4.69, 9.17) is 4.74 Å². The highest BCUT2D eigenvalue weighted by Crippen LogP contribution is 2.29. The van der Waals surface area contributed by atoms with Crippen LogP contribution in [0.25, 0.3) is 0 Å². The third-order valence-electron chi connectivity index (χ3n) is 4.58. The molecular weight excluding hydrogens is 248 g/mol. The van der Waals surface area contributed by atoms with Crippen LogP contribution in [0.4, 0.5) is 5.69 Å². The molecule has 3 nitrogen and oxygen atoms in total. The Morgan fingerprint density at radius 2 is 1.95 bits per heavy atom. The molecule has 0 radical (unpaired) electrons. The van der Waals surface area contributed by atoms with Gasteiger partial charge in [0.15, 0.2) is 0 Å². The first-order valence-electron chi connectivity index (χ1n) is 7.84. The maximum atomic E-state index is 5.65. The quantitative estimate of drug-likeness (QED) is 0.893. The minimum atomic E-state index is 0.559. The van der Waals surface area contributed by atoms with Gasteiger partial charge in [0.25, 0.3) is 0 Å². The summed E-state index contributed by atoms with van der Waals surface area (Å²) in [6, 6.07) is 9.75. The maximum Gasteiger partial charge on any atom is 0.119 e. The minimum Gasteiger partial charge on any atom is -0.494 e.